The van der Waals surface area contributed by atoms with E-state index in [1.807, 2.05) is 26.0 Å². The van der Waals surface area contributed by atoms with Crippen LogP contribution in [0, 0.1) is 25.5 Å². The Balaban J connectivity index is 1.86. The van der Waals surface area contributed by atoms with Gasteiger partial charge in [-0.15, -0.1) is 0 Å². The molecule has 0 saturated carbocycles. The van der Waals surface area contributed by atoms with Crippen LogP contribution in [0.4, 0.5) is 14.5 Å². The highest BCUT2D eigenvalue weighted by Crippen LogP contribution is 2.28. The van der Waals surface area contributed by atoms with Gasteiger partial charge in [0.2, 0.25) is 0 Å². The molecule has 0 aliphatic heterocycles. The predicted molar refractivity (Wildman–Crippen MR) is 111 cm³/mol. The molecule has 1 heterocycles. The molecule has 0 aliphatic rings. The van der Waals surface area contributed by atoms with Gasteiger partial charge in [-0.1, -0.05) is 11.6 Å². The van der Waals surface area contributed by atoms with Gasteiger partial charge in [0.25, 0.3) is 5.91 Å². The molecule has 4 rings (SSSR count). The van der Waals surface area contributed by atoms with Crippen LogP contribution < -0.4 is 5.32 Å². The molecule has 0 unspecified atom stereocenters. The number of aromatic nitrogens is 1. The van der Waals surface area contributed by atoms with Gasteiger partial charge in [0.05, 0.1) is 16.8 Å². The highest BCUT2D eigenvalue weighted by Gasteiger charge is 2.16. The Hall–Kier alpha value is -3.60. The lowest BCUT2D eigenvalue weighted by Crippen LogP contribution is -2.13. The van der Waals surface area contributed by atoms with Gasteiger partial charge in [-0.3, -0.25) is 4.79 Å². The lowest BCUT2D eigenvalue weighted by atomic mass is 9.99. The maximum absolute atomic E-state index is 13.3. The maximum atomic E-state index is 13.3. The van der Waals surface area contributed by atoms with Crippen LogP contribution in [-0.4, -0.2) is 10.9 Å². The van der Waals surface area contributed by atoms with Gasteiger partial charge in [-0.25, -0.2) is 13.8 Å². The lowest BCUT2D eigenvalue weighted by Gasteiger charge is -2.13. The Morgan fingerprint density at radius 1 is 0.862 bits per heavy atom. The summed E-state index contributed by atoms with van der Waals surface area (Å²) in [6.45, 7) is 3.90. The molecule has 1 aromatic heterocycles. The summed E-state index contributed by atoms with van der Waals surface area (Å²) in [5.74, 6) is -1.03. The fourth-order valence-electron chi connectivity index (χ4n) is 3.37. The Labute approximate surface area is 167 Å². The third kappa shape index (κ3) is 3.85. The van der Waals surface area contributed by atoms with E-state index in [2.05, 4.69) is 5.32 Å². The van der Waals surface area contributed by atoms with E-state index in [-0.39, 0.29) is 17.5 Å². The minimum absolute atomic E-state index is 0.322. The molecule has 1 amide bonds. The van der Waals surface area contributed by atoms with E-state index in [1.54, 1.807) is 18.2 Å². The summed E-state index contributed by atoms with van der Waals surface area (Å²) >= 11 is 0. The van der Waals surface area contributed by atoms with Crippen molar-refractivity contribution in [3.63, 3.8) is 0 Å². The number of benzene rings is 3. The van der Waals surface area contributed by atoms with Crippen LogP contribution in [0.1, 0.15) is 21.5 Å². The summed E-state index contributed by atoms with van der Waals surface area (Å²) in [5, 5.41) is 3.54. The summed E-state index contributed by atoms with van der Waals surface area (Å²) in [5.41, 5.74) is 4.90. The number of pyridine rings is 1. The first-order valence-corrected chi connectivity index (χ1v) is 9.15. The second kappa shape index (κ2) is 7.43. The van der Waals surface area contributed by atoms with Crippen LogP contribution in [0.5, 0.6) is 0 Å². The fraction of sp³-hybridized carbons (Fsp3) is 0.0833. The minimum atomic E-state index is -0.373. The van der Waals surface area contributed by atoms with Crippen LogP contribution in [0.25, 0.3) is 22.2 Å². The molecule has 0 radical (unpaired) electrons. The maximum Gasteiger partial charge on any atom is 0.256 e. The lowest BCUT2D eigenvalue weighted by molar-refractivity contribution is 0.102. The second-order valence-electron chi connectivity index (χ2n) is 7.00. The van der Waals surface area contributed by atoms with Crippen molar-refractivity contribution in [3.8, 4) is 11.3 Å². The zero-order chi connectivity index (χ0) is 20.5. The first-order chi connectivity index (χ1) is 13.9. The van der Waals surface area contributed by atoms with E-state index in [0.29, 0.717) is 28.0 Å². The van der Waals surface area contributed by atoms with Crippen molar-refractivity contribution < 1.29 is 13.6 Å². The minimum Gasteiger partial charge on any atom is -0.322 e. The summed E-state index contributed by atoms with van der Waals surface area (Å²) in [6.07, 6.45) is 0. The zero-order valence-electron chi connectivity index (χ0n) is 16.0. The number of hydrogen-bond acceptors (Lipinski definition) is 2. The standard InChI is InChI=1S/C24H18F2N2O/c1-14-11-15(2)23-20(12-14)21(24(29)27-19-9-7-18(26)8-10-19)13-22(28-23)16-3-5-17(25)6-4-16/h3-13H,1-2H3,(H,27,29). The van der Waals surface area contributed by atoms with Crippen molar-refractivity contribution in [2.45, 2.75) is 13.8 Å². The van der Waals surface area contributed by atoms with E-state index in [4.69, 9.17) is 4.98 Å². The van der Waals surface area contributed by atoms with E-state index in [1.165, 1.54) is 36.4 Å². The van der Waals surface area contributed by atoms with Gasteiger partial charge in [-0.05, 0) is 80.1 Å². The molecular formula is C24H18F2N2O. The van der Waals surface area contributed by atoms with Crippen molar-refractivity contribution in [3.05, 3.63) is 95.1 Å². The van der Waals surface area contributed by atoms with Gasteiger partial charge in [0.15, 0.2) is 0 Å². The van der Waals surface area contributed by atoms with E-state index in [9.17, 15) is 13.6 Å². The number of rotatable bonds is 3. The fourth-order valence-corrected chi connectivity index (χ4v) is 3.37. The van der Waals surface area contributed by atoms with E-state index in [0.717, 1.165) is 16.5 Å². The van der Waals surface area contributed by atoms with Crippen LogP contribution in [0.3, 0.4) is 0 Å². The number of carbonyl (C=O) groups is 1. The molecule has 3 nitrogen and oxygen atoms in total. The van der Waals surface area contributed by atoms with Gasteiger partial charge < -0.3 is 5.32 Å². The van der Waals surface area contributed by atoms with E-state index < -0.39 is 0 Å². The molecule has 0 aliphatic carbocycles. The number of aryl methyl sites for hydroxylation is 2. The summed E-state index contributed by atoms with van der Waals surface area (Å²) in [6, 6.07) is 17.2. The molecule has 0 spiro atoms. The molecule has 0 fully saturated rings. The molecule has 0 atom stereocenters. The average molecular weight is 388 g/mol. The number of carbonyl (C=O) groups excluding carboxylic acids is 1. The topological polar surface area (TPSA) is 42.0 Å². The number of anilines is 1. The largest absolute Gasteiger partial charge is 0.322 e. The van der Waals surface area contributed by atoms with Crippen molar-refractivity contribution >= 4 is 22.5 Å². The number of halogens is 2. The van der Waals surface area contributed by atoms with Crippen molar-refractivity contribution in [1.82, 2.24) is 4.98 Å². The number of fused-ring (bicyclic) bond motifs is 1. The Morgan fingerprint density at radius 3 is 2.14 bits per heavy atom. The number of amides is 1. The molecule has 0 saturated heterocycles. The molecule has 1 N–H and O–H groups in total. The van der Waals surface area contributed by atoms with E-state index >= 15 is 0 Å². The Kier molecular flexibility index (Phi) is 4.80. The summed E-state index contributed by atoms with van der Waals surface area (Å²) in [7, 11) is 0. The van der Waals surface area contributed by atoms with Crippen LogP contribution in [0.2, 0.25) is 0 Å². The molecule has 3 aromatic carbocycles. The first kappa shape index (κ1) is 18.7. The Bertz CT molecular complexity index is 1220. The molecule has 5 heteroatoms. The molecule has 0 bridgehead atoms. The molecule has 29 heavy (non-hydrogen) atoms. The third-order valence-corrected chi connectivity index (χ3v) is 4.74. The number of nitrogens with one attached hydrogen (secondary N) is 1. The first-order valence-electron chi connectivity index (χ1n) is 9.15. The van der Waals surface area contributed by atoms with Gasteiger partial charge >= 0.3 is 0 Å². The second-order valence-corrected chi connectivity index (χ2v) is 7.00. The number of hydrogen-bond donors (Lipinski definition) is 1. The number of nitrogens with zero attached hydrogens (tertiary/aromatic N) is 1. The quantitative estimate of drug-likeness (QED) is 0.464. The highest BCUT2D eigenvalue weighted by atomic mass is 19.1. The van der Waals surface area contributed by atoms with Gasteiger partial charge in [-0.2, -0.15) is 0 Å². The SMILES string of the molecule is Cc1cc(C)c2nc(-c3ccc(F)cc3)cc(C(=O)Nc3ccc(F)cc3)c2c1. The van der Waals surface area contributed by atoms with Crippen LogP contribution in [0.15, 0.2) is 66.7 Å². The molecular weight excluding hydrogens is 370 g/mol. The van der Waals surface area contributed by atoms with Gasteiger partial charge in [0.1, 0.15) is 11.6 Å². The third-order valence-electron chi connectivity index (χ3n) is 4.74. The van der Waals surface area contributed by atoms with Crippen LogP contribution >= 0.6 is 0 Å². The molecule has 144 valence electrons. The van der Waals surface area contributed by atoms with Crippen molar-refractivity contribution in [2.75, 3.05) is 5.32 Å². The Morgan fingerprint density at radius 2 is 1.48 bits per heavy atom. The van der Waals surface area contributed by atoms with Crippen molar-refractivity contribution in [2.24, 2.45) is 0 Å². The predicted octanol–water partition coefficient (Wildman–Crippen LogP) is 6.05. The monoisotopic (exact) mass is 388 g/mol. The highest BCUT2D eigenvalue weighted by molar-refractivity contribution is 6.13. The van der Waals surface area contributed by atoms with Crippen molar-refractivity contribution in [1.29, 1.82) is 0 Å². The summed E-state index contributed by atoms with van der Waals surface area (Å²) in [4.78, 5) is 17.8. The zero-order valence-corrected chi connectivity index (χ0v) is 16.0. The average Bonchev–Trinajstić information content (AvgIpc) is 2.69. The van der Waals surface area contributed by atoms with Crippen LogP contribution in [-0.2, 0) is 0 Å². The molecule has 4 aromatic rings. The summed E-state index contributed by atoms with van der Waals surface area (Å²) < 4.78 is 26.5. The van der Waals surface area contributed by atoms with Gasteiger partial charge in [0, 0.05) is 16.6 Å². The normalized spacial score (nSPS) is 10.9. The smallest absolute Gasteiger partial charge is 0.256 e.